The average Bonchev–Trinajstić information content (AvgIpc) is 2.06. The predicted octanol–water partition coefficient (Wildman–Crippen LogP) is 2.70. The Labute approximate surface area is 71.4 Å². The van der Waals surface area contributed by atoms with E-state index in [0.29, 0.717) is 0 Å². The zero-order chi connectivity index (χ0) is 7.68. The van der Waals surface area contributed by atoms with Gasteiger partial charge in [0.05, 0.1) is 11.1 Å². The molecule has 0 aromatic carbocycles. The van der Waals surface area contributed by atoms with Crippen LogP contribution in [0.4, 0.5) is 0 Å². The van der Waals surface area contributed by atoms with Crippen molar-refractivity contribution in [3.63, 3.8) is 0 Å². The van der Waals surface area contributed by atoms with Gasteiger partial charge in [0.15, 0.2) is 0 Å². The Morgan fingerprint density at radius 1 is 1.55 bits per heavy atom. The summed E-state index contributed by atoms with van der Waals surface area (Å²) in [6.07, 6.45) is 5.24. The molecule has 0 N–H and O–H groups in total. The Bertz CT molecular complexity index is 259. The zero-order valence-corrected chi connectivity index (χ0v) is 7.01. The van der Waals surface area contributed by atoms with E-state index < -0.39 is 0 Å². The normalized spacial score (nSPS) is 22.8. The summed E-state index contributed by atoms with van der Waals surface area (Å²) in [7, 11) is 0. The number of aryl methyl sites for hydroxylation is 1. The monoisotopic (exact) mass is 167 g/mol. The number of alkyl halides is 1. The number of halogens is 1. The second kappa shape index (κ2) is 2.82. The number of nitrogens with zero attached hydrogens (tertiary/aromatic N) is 1. The lowest BCUT2D eigenvalue weighted by Gasteiger charge is -2.18. The molecule has 1 aliphatic rings. The van der Waals surface area contributed by atoms with E-state index in [1.165, 1.54) is 12.0 Å². The number of pyridine rings is 1. The molecule has 0 radical (unpaired) electrons. The first-order valence-electron chi connectivity index (χ1n) is 3.96. The molecule has 0 bridgehead atoms. The maximum atomic E-state index is 6.08. The summed E-state index contributed by atoms with van der Waals surface area (Å²) in [6, 6.07) is 4.10. The minimum atomic E-state index is 0.153. The molecule has 1 nitrogen and oxygen atoms in total. The Hall–Kier alpha value is -0.560. The van der Waals surface area contributed by atoms with Crippen LogP contribution in [-0.4, -0.2) is 4.98 Å². The molecule has 0 spiro atoms. The number of fused-ring (bicyclic) bond motifs is 1. The van der Waals surface area contributed by atoms with Crippen LogP contribution in [0.2, 0.25) is 0 Å². The maximum absolute atomic E-state index is 6.08. The molecule has 1 aromatic rings. The molecule has 1 heterocycles. The van der Waals surface area contributed by atoms with Gasteiger partial charge in [0.25, 0.3) is 0 Å². The van der Waals surface area contributed by atoms with E-state index in [2.05, 4.69) is 11.1 Å². The first kappa shape index (κ1) is 7.11. The Morgan fingerprint density at radius 3 is 3.27 bits per heavy atom. The SMILES string of the molecule is ClC1CCCc2cccnc21. The van der Waals surface area contributed by atoms with Crippen molar-refractivity contribution >= 4 is 11.6 Å². The molecule has 2 rings (SSSR count). The van der Waals surface area contributed by atoms with Gasteiger partial charge in [0.2, 0.25) is 0 Å². The van der Waals surface area contributed by atoms with Crippen LogP contribution in [0.15, 0.2) is 18.3 Å². The molecular weight excluding hydrogens is 158 g/mol. The molecule has 0 amide bonds. The number of rotatable bonds is 0. The molecule has 1 aliphatic carbocycles. The molecule has 0 fully saturated rings. The lowest BCUT2D eigenvalue weighted by molar-refractivity contribution is 0.649. The van der Waals surface area contributed by atoms with E-state index >= 15 is 0 Å². The fraction of sp³-hybridized carbons (Fsp3) is 0.444. The van der Waals surface area contributed by atoms with E-state index in [1.807, 2.05) is 12.3 Å². The third-order valence-electron chi connectivity index (χ3n) is 2.13. The number of aromatic nitrogens is 1. The van der Waals surface area contributed by atoms with E-state index in [9.17, 15) is 0 Å². The summed E-state index contributed by atoms with van der Waals surface area (Å²) < 4.78 is 0. The highest BCUT2D eigenvalue weighted by molar-refractivity contribution is 6.20. The minimum absolute atomic E-state index is 0.153. The second-order valence-corrected chi connectivity index (χ2v) is 3.43. The molecular formula is C9H10ClN. The van der Waals surface area contributed by atoms with Crippen LogP contribution in [0, 0.1) is 0 Å². The van der Waals surface area contributed by atoms with E-state index in [1.54, 1.807) is 0 Å². The van der Waals surface area contributed by atoms with E-state index in [0.717, 1.165) is 18.5 Å². The van der Waals surface area contributed by atoms with Gasteiger partial charge in [-0.25, -0.2) is 0 Å². The fourth-order valence-corrected chi connectivity index (χ4v) is 1.90. The van der Waals surface area contributed by atoms with Gasteiger partial charge in [-0.1, -0.05) is 6.07 Å². The smallest absolute Gasteiger partial charge is 0.0760 e. The molecule has 0 saturated carbocycles. The molecule has 2 heteroatoms. The summed E-state index contributed by atoms with van der Waals surface area (Å²) in [5.74, 6) is 0. The Kier molecular flexibility index (Phi) is 1.82. The van der Waals surface area contributed by atoms with Crippen LogP contribution in [0.25, 0.3) is 0 Å². The third-order valence-corrected chi connectivity index (χ3v) is 2.55. The Balaban J connectivity index is 2.44. The van der Waals surface area contributed by atoms with Crippen LogP contribution in [0.3, 0.4) is 0 Å². The Morgan fingerprint density at radius 2 is 2.45 bits per heavy atom. The van der Waals surface area contributed by atoms with Gasteiger partial charge in [-0.05, 0) is 30.9 Å². The molecule has 11 heavy (non-hydrogen) atoms. The highest BCUT2D eigenvalue weighted by Crippen LogP contribution is 2.32. The lowest BCUT2D eigenvalue weighted by atomic mass is 9.96. The van der Waals surface area contributed by atoms with Crippen LogP contribution in [-0.2, 0) is 6.42 Å². The quantitative estimate of drug-likeness (QED) is 0.542. The highest BCUT2D eigenvalue weighted by Gasteiger charge is 2.17. The van der Waals surface area contributed by atoms with Crippen molar-refractivity contribution in [2.45, 2.75) is 24.6 Å². The van der Waals surface area contributed by atoms with Crippen LogP contribution in [0.1, 0.15) is 29.5 Å². The van der Waals surface area contributed by atoms with Crippen LogP contribution in [0.5, 0.6) is 0 Å². The van der Waals surface area contributed by atoms with Crippen LogP contribution >= 0.6 is 11.6 Å². The molecule has 58 valence electrons. The summed E-state index contributed by atoms with van der Waals surface area (Å²) in [4.78, 5) is 4.27. The van der Waals surface area contributed by atoms with Gasteiger partial charge in [-0.2, -0.15) is 0 Å². The van der Waals surface area contributed by atoms with Crippen molar-refractivity contribution in [1.82, 2.24) is 4.98 Å². The lowest BCUT2D eigenvalue weighted by Crippen LogP contribution is -2.06. The van der Waals surface area contributed by atoms with E-state index in [4.69, 9.17) is 11.6 Å². The molecule has 1 aromatic heterocycles. The molecule has 1 unspecified atom stereocenters. The first-order chi connectivity index (χ1) is 5.38. The summed E-state index contributed by atoms with van der Waals surface area (Å²) in [5.41, 5.74) is 2.43. The largest absolute Gasteiger partial charge is 0.259 e. The minimum Gasteiger partial charge on any atom is -0.259 e. The summed E-state index contributed by atoms with van der Waals surface area (Å²) in [6.45, 7) is 0. The third kappa shape index (κ3) is 1.25. The summed E-state index contributed by atoms with van der Waals surface area (Å²) in [5, 5.41) is 0.153. The average molecular weight is 168 g/mol. The van der Waals surface area contributed by atoms with Gasteiger partial charge in [0, 0.05) is 6.20 Å². The van der Waals surface area contributed by atoms with Crippen molar-refractivity contribution in [1.29, 1.82) is 0 Å². The maximum Gasteiger partial charge on any atom is 0.0760 e. The van der Waals surface area contributed by atoms with Gasteiger partial charge >= 0.3 is 0 Å². The highest BCUT2D eigenvalue weighted by atomic mass is 35.5. The van der Waals surface area contributed by atoms with Crippen LogP contribution < -0.4 is 0 Å². The van der Waals surface area contributed by atoms with Gasteiger partial charge in [-0.3, -0.25) is 4.98 Å². The molecule has 1 atom stereocenters. The summed E-state index contributed by atoms with van der Waals surface area (Å²) >= 11 is 6.08. The van der Waals surface area contributed by atoms with Crippen molar-refractivity contribution in [3.8, 4) is 0 Å². The molecule has 0 aliphatic heterocycles. The van der Waals surface area contributed by atoms with E-state index in [-0.39, 0.29) is 5.38 Å². The first-order valence-corrected chi connectivity index (χ1v) is 4.39. The number of hydrogen-bond acceptors (Lipinski definition) is 1. The van der Waals surface area contributed by atoms with Crippen molar-refractivity contribution in [2.75, 3.05) is 0 Å². The second-order valence-electron chi connectivity index (χ2n) is 2.91. The van der Waals surface area contributed by atoms with Gasteiger partial charge < -0.3 is 0 Å². The molecule has 0 saturated heterocycles. The van der Waals surface area contributed by atoms with Gasteiger partial charge in [-0.15, -0.1) is 11.6 Å². The van der Waals surface area contributed by atoms with Gasteiger partial charge in [0.1, 0.15) is 0 Å². The van der Waals surface area contributed by atoms with Crippen molar-refractivity contribution in [3.05, 3.63) is 29.6 Å². The fourth-order valence-electron chi connectivity index (χ4n) is 1.55. The zero-order valence-electron chi connectivity index (χ0n) is 6.26. The number of hydrogen-bond donors (Lipinski definition) is 0. The standard InChI is InChI=1S/C9H10ClN/c10-8-5-1-3-7-4-2-6-11-9(7)8/h2,4,6,8H,1,3,5H2. The topological polar surface area (TPSA) is 12.9 Å². The van der Waals surface area contributed by atoms with Crippen molar-refractivity contribution in [2.24, 2.45) is 0 Å². The van der Waals surface area contributed by atoms with Crippen molar-refractivity contribution < 1.29 is 0 Å². The predicted molar refractivity (Wildman–Crippen MR) is 45.8 cm³/mol.